The van der Waals surface area contributed by atoms with Gasteiger partial charge in [0, 0.05) is 23.3 Å². The van der Waals surface area contributed by atoms with E-state index < -0.39 is 10.0 Å². The molecule has 4 rings (SSSR count). The standard InChI is InChI=1S/C18H26N4O3S/c1-11-15(18-21-20-17(25-18)13-9-10-13)16(12(2)19-11)26(23,24)22-14-7-5-3-4-6-8-14/h13-14,19,22H,3-10H2,1-2H3. The summed E-state index contributed by atoms with van der Waals surface area (Å²) < 4.78 is 35.1. The number of hydrogen-bond donors (Lipinski definition) is 2. The molecule has 0 saturated heterocycles. The van der Waals surface area contributed by atoms with E-state index in [9.17, 15) is 8.42 Å². The molecule has 0 radical (unpaired) electrons. The highest BCUT2D eigenvalue weighted by Crippen LogP contribution is 2.41. The molecule has 2 aromatic heterocycles. The first-order valence-corrected chi connectivity index (χ1v) is 11.0. The van der Waals surface area contributed by atoms with Crippen molar-refractivity contribution >= 4 is 10.0 Å². The molecular formula is C18H26N4O3S. The van der Waals surface area contributed by atoms with Crippen molar-refractivity contribution in [3.05, 3.63) is 17.3 Å². The molecule has 7 nitrogen and oxygen atoms in total. The summed E-state index contributed by atoms with van der Waals surface area (Å²) in [6, 6.07) is -0.00494. The van der Waals surface area contributed by atoms with Crippen LogP contribution in [0.1, 0.15) is 74.6 Å². The molecule has 2 aliphatic rings. The van der Waals surface area contributed by atoms with Gasteiger partial charge in [-0.1, -0.05) is 25.7 Å². The minimum atomic E-state index is -3.67. The van der Waals surface area contributed by atoms with Gasteiger partial charge in [-0.3, -0.25) is 0 Å². The van der Waals surface area contributed by atoms with Crippen molar-refractivity contribution in [1.29, 1.82) is 0 Å². The number of aromatic amines is 1. The Morgan fingerprint density at radius 3 is 2.35 bits per heavy atom. The molecule has 0 unspecified atom stereocenters. The summed E-state index contributed by atoms with van der Waals surface area (Å²) in [6.45, 7) is 3.62. The van der Waals surface area contributed by atoms with Crippen LogP contribution in [0.25, 0.3) is 11.5 Å². The minimum absolute atomic E-state index is 0.00494. The van der Waals surface area contributed by atoms with Crippen LogP contribution >= 0.6 is 0 Å². The molecule has 2 fully saturated rings. The Bertz CT molecular complexity index is 888. The van der Waals surface area contributed by atoms with Crippen LogP contribution in [0.3, 0.4) is 0 Å². The summed E-state index contributed by atoms with van der Waals surface area (Å²) in [6.07, 6.45) is 8.39. The lowest BCUT2D eigenvalue weighted by Gasteiger charge is -2.17. The summed E-state index contributed by atoms with van der Waals surface area (Å²) in [5, 5.41) is 8.24. The lowest BCUT2D eigenvalue weighted by atomic mass is 10.1. The molecule has 0 bridgehead atoms. The molecule has 0 aromatic carbocycles. The van der Waals surface area contributed by atoms with E-state index in [0.717, 1.165) is 44.2 Å². The molecule has 142 valence electrons. The number of sulfonamides is 1. The van der Waals surface area contributed by atoms with Gasteiger partial charge in [0.25, 0.3) is 5.89 Å². The predicted octanol–water partition coefficient (Wildman–Crippen LogP) is 3.56. The second-order valence-corrected chi connectivity index (χ2v) is 9.26. The second-order valence-electron chi connectivity index (χ2n) is 7.61. The van der Waals surface area contributed by atoms with E-state index in [-0.39, 0.29) is 16.8 Å². The maximum atomic E-state index is 13.2. The Morgan fingerprint density at radius 1 is 1.00 bits per heavy atom. The fourth-order valence-electron chi connectivity index (χ4n) is 3.86. The highest BCUT2D eigenvalue weighted by molar-refractivity contribution is 7.89. The Morgan fingerprint density at radius 2 is 1.69 bits per heavy atom. The van der Waals surface area contributed by atoms with Gasteiger partial charge < -0.3 is 9.40 Å². The summed E-state index contributed by atoms with van der Waals surface area (Å²) >= 11 is 0. The van der Waals surface area contributed by atoms with Crippen molar-refractivity contribution in [3.63, 3.8) is 0 Å². The largest absolute Gasteiger partial charge is 0.420 e. The third-order valence-electron chi connectivity index (χ3n) is 5.34. The molecule has 26 heavy (non-hydrogen) atoms. The fourth-order valence-corrected chi connectivity index (χ4v) is 5.61. The summed E-state index contributed by atoms with van der Waals surface area (Å²) in [5.74, 6) is 1.23. The van der Waals surface area contributed by atoms with Crippen molar-refractivity contribution < 1.29 is 12.8 Å². The molecule has 2 saturated carbocycles. The van der Waals surface area contributed by atoms with Crippen LogP contribution in [-0.4, -0.2) is 29.6 Å². The highest BCUT2D eigenvalue weighted by atomic mass is 32.2. The molecule has 2 aliphatic carbocycles. The number of rotatable bonds is 5. The van der Waals surface area contributed by atoms with E-state index in [1.54, 1.807) is 6.92 Å². The minimum Gasteiger partial charge on any atom is -0.420 e. The number of H-pyrrole nitrogens is 1. The third kappa shape index (κ3) is 3.44. The number of hydrogen-bond acceptors (Lipinski definition) is 5. The van der Waals surface area contributed by atoms with Crippen molar-refractivity contribution in [3.8, 4) is 11.5 Å². The lowest BCUT2D eigenvalue weighted by Crippen LogP contribution is -2.34. The lowest BCUT2D eigenvalue weighted by molar-refractivity contribution is 0.503. The molecule has 2 aromatic rings. The molecule has 0 atom stereocenters. The topological polar surface area (TPSA) is 101 Å². The molecule has 2 heterocycles. The number of aryl methyl sites for hydroxylation is 2. The van der Waals surface area contributed by atoms with E-state index in [2.05, 4.69) is 19.9 Å². The van der Waals surface area contributed by atoms with Crippen LogP contribution < -0.4 is 4.72 Å². The maximum Gasteiger partial charge on any atom is 0.250 e. The van der Waals surface area contributed by atoms with Crippen molar-refractivity contribution in [1.82, 2.24) is 19.9 Å². The van der Waals surface area contributed by atoms with Gasteiger partial charge in [0.1, 0.15) is 4.90 Å². The number of aromatic nitrogens is 3. The van der Waals surface area contributed by atoms with E-state index >= 15 is 0 Å². The van der Waals surface area contributed by atoms with Gasteiger partial charge in [-0.05, 0) is 39.5 Å². The van der Waals surface area contributed by atoms with Gasteiger partial charge in [-0.25, -0.2) is 13.1 Å². The van der Waals surface area contributed by atoms with Crippen LogP contribution in [0.2, 0.25) is 0 Å². The summed E-state index contributed by atoms with van der Waals surface area (Å²) in [7, 11) is -3.67. The fraction of sp³-hybridized carbons (Fsp3) is 0.667. The number of nitrogens with one attached hydrogen (secondary N) is 2. The van der Waals surface area contributed by atoms with Crippen LogP contribution in [-0.2, 0) is 10.0 Å². The molecule has 8 heteroatoms. The Hall–Kier alpha value is -1.67. The average molecular weight is 378 g/mol. The van der Waals surface area contributed by atoms with Gasteiger partial charge >= 0.3 is 0 Å². The SMILES string of the molecule is Cc1[nH]c(C)c(S(=O)(=O)NC2CCCCCC2)c1-c1nnc(C2CC2)o1. The van der Waals surface area contributed by atoms with E-state index in [1.165, 1.54) is 12.8 Å². The van der Waals surface area contributed by atoms with Crippen molar-refractivity contribution in [2.24, 2.45) is 0 Å². The molecular weight excluding hydrogens is 352 g/mol. The van der Waals surface area contributed by atoms with Gasteiger partial charge in [0.15, 0.2) is 0 Å². The first kappa shape index (κ1) is 17.7. The normalized spacial score (nSPS) is 19.6. The first-order valence-electron chi connectivity index (χ1n) is 9.51. The van der Waals surface area contributed by atoms with E-state index in [4.69, 9.17) is 4.42 Å². The Balaban J connectivity index is 1.68. The van der Waals surface area contributed by atoms with Crippen LogP contribution in [0, 0.1) is 13.8 Å². The van der Waals surface area contributed by atoms with Crippen LogP contribution in [0.4, 0.5) is 0 Å². The molecule has 2 N–H and O–H groups in total. The van der Waals surface area contributed by atoms with Crippen LogP contribution in [0.15, 0.2) is 9.31 Å². The zero-order valence-corrected chi connectivity index (χ0v) is 16.2. The van der Waals surface area contributed by atoms with Gasteiger partial charge in [0.05, 0.1) is 5.56 Å². The van der Waals surface area contributed by atoms with Gasteiger partial charge in [-0.2, -0.15) is 0 Å². The highest BCUT2D eigenvalue weighted by Gasteiger charge is 2.33. The Kier molecular flexibility index (Phi) is 4.64. The summed E-state index contributed by atoms with van der Waals surface area (Å²) in [4.78, 5) is 3.38. The monoisotopic (exact) mass is 378 g/mol. The first-order chi connectivity index (χ1) is 12.5. The molecule has 0 spiro atoms. The maximum absolute atomic E-state index is 13.2. The van der Waals surface area contributed by atoms with Crippen molar-refractivity contribution in [2.45, 2.75) is 82.1 Å². The van der Waals surface area contributed by atoms with Gasteiger partial charge in [-0.15, -0.1) is 10.2 Å². The van der Waals surface area contributed by atoms with Crippen LogP contribution in [0.5, 0.6) is 0 Å². The quantitative estimate of drug-likeness (QED) is 0.775. The zero-order chi connectivity index (χ0) is 18.3. The smallest absolute Gasteiger partial charge is 0.250 e. The van der Waals surface area contributed by atoms with Gasteiger partial charge in [0.2, 0.25) is 15.9 Å². The molecule has 0 amide bonds. The Labute approximate surface area is 154 Å². The van der Waals surface area contributed by atoms with E-state index in [1.807, 2.05) is 6.92 Å². The third-order valence-corrected chi connectivity index (χ3v) is 7.04. The van der Waals surface area contributed by atoms with E-state index in [0.29, 0.717) is 23.1 Å². The molecule has 0 aliphatic heterocycles. The number of nitrogens with zero attached hydrogens (tertiary/aromatic N) is 2. The second kappa shape index (κ2) is 6.81. The predicted molar refractivity (Wildman–Crippen MR) is 97.3 cm³/mol. The summed E-state index contributed by atoms with van der Waals surface area (Å²) in [5.41, 5.74) is 1.84. The average Bonchev–Trinajstić information content (AvgIpc) is 3.29. The van der Waals surface area contributed by atoms with Crippen molar-refractivity contribution in [2.75, 3.05) is 0 Å². The zero-order valence-electron chi connectivity index (χ0n) is 15.3.